The number of hydrogen-bond acceptors (Lipinski definition) is 5. The van der Waals surface area contributed by atoms with E-state index in [0.717, 1.165) is 57.6 Å². The molecule has 3 aliphatic rings. The smallest absolute Gasteiger partial charge is 0.243 e. The molecule has 0 spiro atoms. The topological polar surface area (TPSA) is 99.1 Å². The zero-order chi connectivity index (χ0) is 21.9. The lowest BCUT2D eigenvalue weighted by Gasteiger charge is -2.56. The molecule has 2 aromatic rings. The Kier molecular flexibility index (Phi) is 6.25. The highest BCUT2D eigenvalue weighted by molar-refractivity contribution is 5.89. The maximum absolute atomic E-state index is 13.3. The summed E-state index contributed by atoms with van der Waals surface area (Å²) in [6.07, 6.45) is 12.7. The lowest BCUT2D eigenvalue weighted by atomic mass is 9.71. The average molecular weight is 440 g/mol. The fraction of sp³-hybridized carbons (Fsp3) is 0.652. The average Bonchev–Trinajstić information content (AvgIpc) is 3.49. The van der Waals surface area contributed by atoms with E-state index in [2.05, 4.69) is 30.0 Å². The highest BCUT2D eigenvalue weighted by atomic mass is 16.2. The van der Waals surface area contributed by atoms with Gasteiger partial charge >= 0.3 is 0 Å². The number of aromatic amines is 1. The van der Waals surface area contributed by atoms with Gasteiger partial charge in [0.05, 0.1) is 6.33 Å². The lowest BCUT2D eigenvalue weighted by molar-refractivity contribution is -0.160. The Balaban J connectivity index is 1.25. The van der Waals surface area contributed by atoms with Crippen molar-refractivity contribution >= 4 is 11.8 Å². The molecule has 0 radical (unpaired) electrons. The van der Waals surface area contributed by atoms with Gasteiger partial charge in [0.2, 0.25) is 11.8 Å². The van der Waals surface area contributed by atoms with Gasteiger partial charge in [0.1, 0.15) is 6.04 Å². The molecular formula is C23H33N7O2. The minimum Gasteiger partial charge on any atom is -0.354 e. The number of hydrogen-bond donors (Lipinski definition) is 2. The zero-order valence-corrected chi connectivity index (χ0v) is 18.5. The summed E-state index contributed by atoms with van der Waals surface area (Å²) in [5.74, 6) is 0.847. The number of nitrogens with one attached hydrogen (secondary N) is 2. The van der Waals surface area contributed by atoms with Crippen molar-refractivity contribution < 1.29 is 9.59 Å². The van der Waals surface area contributed by atoms with Crippen molar-refractivity contribution in [3.05, 3.63) is 36.7 Å². The van der Waals surface area contributed by atoms with E-state index < -0.39 is 0 Å². The fourth-order valence-electron chi connectivity index (χ4n) is 6.02. The van der Waals surface area contributed by atoms with Gasteiger partial charge in [-0.05, 0) is 44.2 Å². The molecule has 3 fully saturated rings. The standard InChI is InChI=1S/C23H33N7O2/c31-21-4-1-3-20-17-13-18(15-29(14-17)11-2-10-28-12-9-24-16-28)22(30(20)21)23(32)25-7-5-19-6-8-26-27-19/h6,8-9,12,16-18,20,22H,1-5,7,10-11,13-15H2,(H,25,32)(H,26,27)/t17-,18+,20-,22+/m0/s1. The highest BCUT2D eigenvalue weighted by Crippen LogP contribution is 2.41. The molecule has 3 aliphatic heterocycles. The monoisotopic (exact) mass is 439 g/mol. The normalized spacial score (nSPS) is 27.9. The van der Waals surface area contributed by atoms with Crippen molar-refractivity contribution in [3.8, 4) is 0 Å². The largest absolute Gasteiger partial charge is 0.354 e. The van der Waals surface area contributed by atoms with Gasteiger partial charge in [-0.2, -0.15) is 5.10 Å². The molecule has 5 heterocycles. The van der Waals surface area contributed by atoms with Crippen molar-refractivity contribution in [1.29, 1.82) is 0 Å². The summed E-state index contributed by atoms with van der Waals surface area (Å²) in [4.78, 5) is 34.9. The van der Waals surface area contributed by atoms with Crippen LogP contribution in [0.4, 0.5) is 0 Å². The molecule has 2 aromatic heterocycles. The summed E-state index contributed by atoms with van der Waals surface area (Å²) in [6.45, 7) is 4.44. The van der Waals surface area contributed by atoms with Crippen LogP contribution in [0.2, 0.25) is 0 Å². The molecule has 0 aliphatic carbocycles. The molecule has 4 atom stereocenters. The van der Waals surface area contributed by atoms with Crippen LogP contribution in [0.25, 0.3) is 0 Å². The van der Waals surface area contributed by atoms with Gasteiger partial charge in [-0.1, -0.05) is 0 Å². The second-order valence-electron chi connectivity index (χ2n) is 9.50. The Morgan fingerprint density at radius 1 is 1.22 bits per heavy atom. The number of amides is 2. The first-order chi connectivity index (χ1) is 15.7. The predicted molar refractivity (Wildman–Crippen MR) is 118 cm³/mol. The van der Waals surface area contributed by atoms with Crippen LogP contribution in [0.5, 0.6) is 0 Å². The number of aryl methyl sites for hydroxylation is 1. The number of carbonyl (C=O) groups is 2. The molecule has 5 rings (SSSR count). The summed E-state index contributed by atoms with van der Waals surface area (Å²) in [7, 11) is 0. The van der Waals surface area contributed by atoms with Crippen molar-refractivity contribution in [3.63, 3.8) is 0 Å². The molecule has 2 amide bonds. The molecule has 3 saturated heterocycles. The SMILES string of the molecule is O=C(NCCc1ccn[nH]1)[C@H]1[C@@H]2C[C@@H](CN(CCCn3ccnc3)C2)[C@@H]2CCCC(=O)N21. The molecule has 9 heteroatoms. The summed E-state index contributed by atoms with van der Waals surface area (Å²) >= 11 is 0. The first-order valence-electron chi connectivity index (χ1n) is 11.9. The van der Waals surface area contributed by atoms with E-state index in [-0.39, 0.29) is 29.8 Å². The Bertz CT molecular complexity index is 898. The Morgan fingerprint density at radius 3 is 2.94 bits per heavy atom. The van der Waals surface area contributed by atoms with Crippen molar-refractivity contribution in [1.82, 2.24) is 34.9 Å². The maximum Gasteiger partial charge on any atom is 0.243 e. The van der Waals surface area contributed by atoms with Gasteiger partial charge in [-0.3, -0.25) is 14.7 Å². The van der Waals surface area contributed by atoms with Crippen LogP contribution < -0.4 is 5.32 Å². The third kappa shape index (κ3) is 4.44. The third-order valence-electron chi connectivity index (χ3n) is 7.39. The molecule has 0 aromatic carbocycles. The quantitative estimate of drug-likeness (QED) is 0.641. The van der Waals surface area contributed by atoms with E-state index >= 15 is 0 Å². The Hall–Kier alpha value is -2.68. The van der Waals surface area contributed by atoms with Gasteiger partial charge < -0.3 is 19.7 Å². The first kappa shape index (κ1) is 21.2. The second kappa shape index (κ2) is 9.44. The van der Waals surface area contributed by atoms with E-state index in [0.29, 0.717) is 25.3 Å². The highest BCUT2D eigenvalue weighted by Gasteiger charge is 2.51. The molecule has 32 heavy (non-hydrogen) atoms. The Morgan fingerprint density at radius 2 is 2.12 bits per heavy atom. The number of carbonyl (C=O) groups excluding carboxylic acids is 2. The van der Waals surface area contributed by atoms with Gasteiger partial charge in [0, 0.05) is 75.3 Å². The number of nitrogens with zero attached hydrogens (tertiary/aromatic N) is 5. The molecule has 0 saturated carbocycles. The van der Waals surface area contributed by atoms with Crippen LogP contribution in [-0.2, 0) is 22.6 Å². The third-order valence-corrected chi connectivity index (χ3v) is 7.39. The van der Waals surface area contributed by atoms with Crippen molar-refractivity contribution in [2.75, 3.05) is 26.2 Å². The predicted octanol–water partition coefficient (Wildman–Crippen LogP) is 1.06. The number of piperidine rings is 3. The van der Waals surface area contributed by atoms with Crippen LogP contribution in [0, 0.1) is 11.8 Å². The summed E-state index contributed by atoms with van der Waals surface area (Å²) in [6, 6.07) is 1.78. The van der Waals surface area contributed by atoms with Crippen LogP contribution in [-0.4, -0.2) is 79.6 Å². The van der Waals surface area contributed by atoms with Gasteiger partial charge in [0.25, 0.3) is 0 Å². The number of imidazole rings is 1. The molecule has 9 nitrogen and oxygen atoms in total. The van der Waals surface area contributed by atoms with Crippen LogP contribution in [0.3, 0.4) is 0 Å². The minimum atomic E-state index is -0.345. The van der Waals surface area contributed by atoms with Gasteiger partial charge in [-0.15, -0.1) is 0 Å². The van der Waals surface area contributed by atoms with Crippen molar-refractivity contribution in [2.24, 2.45) is 11.8 Å². The van der Waals surface area contributed by atoms with Crippen LogP contribution in [0.1, 0.15) is 37.8 Å². The number of likely N-dealkylation sites (tertiary alicyclic amines) is 1. The van der Waals surface area contributed by atoms with E-state index in [4.69, 9.17) is 0 Å². The minimum absolute atomic E-state index is 0.00785. The van der Waals surface area contributed by atoms with E-state index in [1.807, 2.05) is 29.7 Å². The number of rotatable bonds is 8. The molecular weight excluding hydrogens is 406 g/mol. The second-order valence-corrected chi connectivity index (χ2v) is 9.50. The maximum atomic E-state index is 13.3. The summed E-state index contributed by atoms with van der Waals surface area (Å²) in [5.41, 5.74) is 1.00. The van der Waals surface area contributed by atoms with E-state index in [1.165, 1.54) is 0 Å². The zero-order valence-electron chi connectivity index (χ0n) is 18.5. The van der Waals surface area contributed by atoms with E-state index in [9.17, 15) is 9.59 Å². The van der Waals surface area contributed by atoms with Gasteiger partial charge in [0.15, 0.2) is 0 Å². The van der Waals surface area contributed by atoms with Crippen LogP contribution in [0.15, 0.2) is 31.0 Å². The number of fused-ring (bicyclic) bond motifs is 4. The first-order valence-corrected chi connectivity index (χ1v) is 11.9. The molecule has 172 valence electrons. The lowest BCUT2D eigenvalue weighted by Crippen LogP contribution is -2.68. The van der Waals surface area contributed by atoms with Crippen molar-refractivity contribution in [2.45, 2.75) is 57.2 Å². The molecule has 2 N–H and O–H groups in total. The van der Waals surface area contributed by atoms with Crippen LogP contribution >= 0.6 is 0 Å². The Labute approximate surface area is 188 Å². The van der Waals surface area contributed by atoms with E-state index in [1.54, 1.807) is 6.20 Å². The number of aromatic nitrogens is 4. The molecule has 2 bridgehead atoms. The van der Waals surface area contributed by atoms with Gasteiger partial charge in [-0.25, -0.2) is 4.98 Å². The summed E-state index contributed by atoms with van der Waals surface area (Å²) in [5, 5.41) is 10.0. The summed E-state index contributed by atoms with van der Waals surface area (Å²) < 4.78 is 2.11. The fourth-order valence-corrected chi connectivity index (χ4v) is 6.02. The number of H-pyrrole nitrogens is 1. The molecule has 0 unspecified atom stereocenters.